The highest BCUT2D eigenvalue weighted by Gasteiger charge is 2.19. The van der Waals surface area contributed by atoms with Gasteiger partial charge in [0.25, 0.3) is 11.8 Å². The number of hydrogen-bond donors (Lipinski definition) is 2. The van der Waals surface area contributed by atoms with Crippen LogP contribution in [0.4, 0.5) is 0 Å². The number of para-hydroxylation sites is 4. The number of carbonyl (C=O) groups is 2. The van der Waals surface area contributed by atoms with Crippen LogP contribution < -0.4 is 0 Å². The Morgan fingerprint density at radius 1 is 0.575 bits per heavy atom. The average Bonchev–Trinajstić information content (AvgIpc) is 3.64. The monoisotopic (exact) mass is 530 g/mol. The van der Waals surface area contributed by atoms with Gasteiger partial charge < -0.3 is 19.8 Å². The molecule has 4 aromatic heterocycles. The number of H-pyrrole nitrogens is 2. The van der Waals surface area contributed by atoms with E-state index in [9.17, 15) is 9.59 Å². The Bertz CT molecular complexity index is 1660. The minimum Gasteiger partial charge on any atom is -0.339 e. The van der Waals surface area contributed by atoms with Crippen LogP contribution in [0.25, 0.3) is 45.1 Å². The Kier molecular flexibility index (Phi) is 6.49. The van der Waals surface area contributed by atoms with Crippen LogP contribution in [0.5, 0.6) is 0 Å². The molecule has 198 valence electrons. The van der Waals surface area contributed by atoms with E-state index in [0.29, 0.717) is 47.5 Å². The molecule has 0 unspecified atom stereocenters. The summed E-state index contributed by atoms with van der Waals surface area (Å²) in [6.45, 7) is 0.641. The zero-order chi connectivity index (χ0) is 27.6. The van der Waals surface area contributed by atoms with Crippen LogP contribution >= 0.6 is 0 Å². The van der Waals surface area contributed by atoms with E-state index in [0.717, 1.165) is 22.1 Å². The van der Waals surface area contributed by atoms with Crippen LogP contribution in [-0.2, 0) is 0 Å². The third kappa shape index (κ3) is 4.90. The molecule has 10 nitrogen and oxygen atoms in total. The molecule has 0 bridgehead atoms. The van der Waals surface area contributed by atoms with Crippen molar-refractivity contribution in [3.63, 3.8) is 0 Å². The number of imidazole rings is 2. The molecular weight excluding hydrogens is 504 g/mol. The van der Waals surface area contributed by atoms with Crippen molar-refractivity contribution < 1.29 is 9.59 Å². The summed E-state index contributed by atoms with van der Waals surface area (Å²) in [5.74, 6) is 0.704. The Hall–Kier alpha value is -5.38. The molecule has 2 amide bonds. The van der Waals surface area contributed by atoms with Gasteiger partial charge in [-0.3, -0.25) is 9.59 Å². The molecule has 0 spiro atoms. The second-order valence-corrected chi connectivity index (χ2v) is 9.47. The number of pyridine rings is 2. The van der Waals surface area contributed by atoms with Crippen molar-refractivity contribution in [2.24, 2.45) is 0 Å². The second kappa shape index (κ2) is 10.4. The maximum Gasteiger partial charge on any atom is 0.272 e. The number of carbonyl (C=O) groups excluding carboxylic acids is 2. The predicted molar refractivity (Wildman–Crippen MR) is 153 cm³/mol. The highest BCUT2D eigenvalue weighted by molar-refractivity contribution is 5.94. The van der Waals surface area contributed by atoms with E-state index in [1.807, 2.05) is 60.7 Å². The minimum absolute atomic E-state index is 0.246. The normalized spacial score (nSPS) is 11.2. The van der Waals surface area contributed by atoms with Gasteiger partial charge in [-0.2, -0.15) is 0 Å². The summed E-state index contributed by atoms with van der Waals surface area (Å²) in [4.78, 5) is 54.1. The van der Waals surface area contributed by atoms with Gasteiger partial charge in [-0.05, 0) is 48.5 Å². The number of fused-ring (bicyclic) bond motifs is 2. The Balaban J connectivity index is 1.11. The summed E-state index contributed by atoms with van der Waals surface area (Å²) >= 11 is 0. The van der Waals surface area contributed by atoms with Gasteiger partial charge in [0.15, 0.2) is 11.6 Å². The van der Waals surface area contributed by atoms with Crippen molar-refractivity contribution in [3.05, 3.63) is 96.3 Å². The number of nitrogens with one attached hydrogen (secondary N) is 2. The molecule has 0 aliphatic heterocycles. The smallest absolute Gasteiger partial charge is 0.272 e. The number of hydrogen-bond acceptors (Lipinski definition) is 6. The van der Waals surface area contributed by atoms with Crippen molar-refractivity contribution in [1.29, 1.82) is 0 Å². The number of rotatable bonds is 7. The quantitative estimate of drug-likeness (QED) is 0.315. The second-order valence-electron chi connectivity index (χ2n) is 9.47. The van der Waals surface area contributed by atoms with Gasteiger partial charge in [0.1, 0.15) is 22.8 Å². The van der Waals surface area contributed by atoms with Crippen molar-refractivity contribution in [3.8, 4) is 23.0 Å². The lowest BCUT2D eigenvalue weighted by Gasteiger charge is -2.22. The van der Waals surface area contributed by atoms with Gasteiger partial charge in [-0.25, -0.2) is 19.9 Å². The largest absolute Gasteiger partial charge is 0.339 e. The number of likely N-dealkylation sites (N-methyl/N-ethyl adjacent to an activating group) is 2. The first-order chi connectivity index (χ1) is 19.5. The van der Waals surface area contributed by atoms with Gasteiger partial charge in [-0.15, -0.1) is 0 Å². The number of amides is 2. The maximum atomic E-state index is 13.1. The fraction of sp³-hybridized carbons (Fsp3) is 0.133. The highest BCUT2D eigenvalue weighted by Crippen LogP contribution is 2.20. The number of benzene rings is 2. The van der Waals surface area contributed by atoms with Crippen molar-refractivity contribution in [2.45, 2.75) is 0 Å². The fourth-order valence-corrected chi connectivity index (χ4v) is 4.41. The van der Waals surface area contributed by atoms with Crippen molar-refractivity contribution in [2.75, 3.05) is 27.2 Å². The molecule has 40 heavy (non-hydrogen) atoms. The van der Waals surface area contributed by atoms with Crippen LogP contribution in [0.2, 0.25) is 0 Å². The molecule has 4 heterocycles. The standard InChI is InChI=1S/C30H26N8O2/c1-37(29(39)25-15-7-13-23(31-25)27-33-19-9-3-4-10-20(19)34-27)17-18-38(2)30(40)26-16-8-14-24(32-26)28-35-21-11-5-6-12-22(21)36-28/h3-16H,17-18H2,1-2H3,(H,33,34)(H,35,36). The molecule has 0 aliphatic carbocycles. The molecular formula is C30H26N8O2. The first kappa shape index (κ1) is 24.9. The summed E-state index contributed by atoms with van der Waals surface area (Å²) in [5.41, 5.74) is 5.23. The lowest BCUT2D eigenvalue weighted by molar-refractivity contribution is 0.0713. The molecule has 0 saturated carbocycles. The molecule has 2 aromatic carbocycles. The van der Waals surface area contributed by atoms with Crippen LogP contribution in [0, 0.1) is 0 Å². The predicted octanol–water partition coefficient (Wildman–Crippen LogP) is 4.41. The zero-order valence-electron chi connectivity index (χ0n) is 22.0. The SMILES string of the molecule is CN(CCN(C)C(=O)c1cccc(-c2nc3ccccc3[nH]2)n1)C(=O)c1cccc(-c2nc3ccccc3[nH]2)n1. The van der Waals surface area contributed by atoms with E-state index in [-0.39, 0.29) is 11.8 Å². The molecule has 0 saturated heterocycles. The maximum absolute atomic E-state index is 13.1. The molecule has 10 heteroatoms. The molecule has 0 aliphatic rings. The van der Waals surface area contributed by atoms with Crippen LogP contribution in [0.1, 0.15) is 21.0 Å². The molecule has 0 atom stereocenters. The summed E-state index contributed by atoms with van der Waals surface area (Å²) < 4.78 is 0. The van der Waals surface area contributed by atoms with Crippen LogP contribution in [0.3, 0.4) is 0 Å². The molecule has 6 aromatic rings. The van der Waals surface area contributed by atoms with E-state index >= 15 is 0 Å². The van der Waals surface area contributed by atoms with Gasteiger partial charge in [0, 0.05) is 27.2 Å². The first-order valence-corrected chi connectivity index (χ1v) is 12.8. The van der Waals surface area contributed by atoms with E-state index in [2.05, 4.69) is 29.9 Å². The Labute approximate surface area is 229 Å². The van der Waals surface area contributed by atoms with E-state index in [1.165, 1.54) is 0 Å². The van der Waals surface area contributed by atoms with Crippen LogP contribution in [-0.4, -0.2) is 78.7 Å². The van der Waals surface area contributed by atoms with Gasteiger partial charge in [0.2, 0.25) is 0 Å². The first-order valence-electron chi connectivity index (χ1n) is 12.8. The molecule has 0 fully saturated rings. The summed E-state index contributed by atoms with van der Waals surface area (Å²) in [6.07, 6.45) is 0. The zero-order valence-corrected chi connectivity index (χ0v) is 22.0. The molecule has 2 N–H and O–H groups in total. The molecule has 6 rings (SSSR count). The topological polar surface area (TPSA) is 124 Å². The van der Waals surface area contributed by atoms with E-state index < -0.39 is 0 Å². The summed E-state index contributed by atoms with van der Waals surface area (Å²) in [5, 5.41) is 0. The Morgan fingerprint density at radius 2 is 1.00 bits per heavy atom. The Morgan fingerprint density at radius 3 is 1.43 bits per heavy atom. The van der Waals surface area contributed by atoms with Crippen molar-refractivity contribution >= 4 is 33.9 Å². The highest BCUT2D eigenvalue weighted by atomic mass is 16.2. The van der Waals surface area contributed by atoms with E-state index in [1.54, 1.807) is 48.2 Å². The number of aromatic amines is 2. The van der Waals surface area contributed by atoms with Gasteiger partial charge in [-0.1, -0.05) is 36.4 Å². The minimum atomic E-state index is -0.246. The van der Waals surface area contributed by atoms with Gasteiger partial charge >= 0.3 is 0 Å². The third-order valence-electron chi connectivity index (χ3n) is 6.66. The lowest BCUT2D eigenvalue weighted by Crippen LogP contribution is -2.38. The van der Waals surface area contributed by atoms with Gasteiger partial charge in [0.05, 0.1) is 22.1 Å². The summed E-state index contributed by atoms with van der Waals surface area (Å²) in [6, 6.07) is 26.0. The lowest BCUT2D eigenvalue weighted by atomic mass is 10.2. The average molecular weight is 531 g/mol. The fourth-order valence-electron chi connectivity index (χ4n) is 4.41. The number of nitrogens with zero attached hydrogens (tertiary/aromatic N) is 6. The number of aromatic nitrogens is 6. The van der Waals surface area contributed by atoms with E-state index in [4.69, 9.17) is 0 Å². The molecule has 0 radical (unpaired) electrons. The van der Waals surface area contributed by atoms with Crippen molar-refractivity contribution in [1.82, 2.24) is 39.7 Å². The third-order valence-corrected chi connectivity index (χ3v) is 6.66. The summed E-state index contributed by atoms with van der Waals surface area (Å²) in [7, 11) is 3.38. The van der Waals surface area contributed by atoms with Crippen LogP contribution in [0.15, 0.2) is 84.9 Å².